The second-order valence-corrected chi connectivity index (χ2v) is 7.74. The van der Waals surface area contributed by atoms with Gasteiger partial charge in [0.15, 0.2) is 0 Å². The molecule has 5 rings (SSSR count). The van der Waals surface area contributed by atoms with Gasteiger partial charge in [0.05, 0.1) is 31.1 Å². The van der Waals surface area contributed by atoms with Gasteiger partial charge in [-0.15, -0.1) is 0 Å². The topological polar surface area (TPSA) is 75.2 Å². The van der Waals surface area contributed by atoms with Crippen molar-refractivity contribution in [1.29, 1.82) is 0 Å². The highest BCUT2D eigenvalue weighted by atomic mass is 16.5. The number of nitrogens with zero attached hydrogens (tertiary/aromatic N) is 3. The van der Waals surface area contributed by atoms with Crippen LogP contribution < -0.4 is 15.3 Å². The molecule has 0 aliphatic carbocycles. The van der Waals surface area contributed by atoms with Crippen molar-refractivity contribution in [2.24, 2.45) is 0 Å². The highest BCUT2D eigenvalue weighted by Gasteiger charge is 2.18. The van der Waals surface area contributed by atoms with Gasteiger partial charge in [0.25, 0.3) is 0 Å². The molecular formula is C26H24N4O2. The molecule has 5 aromatic rings. The van der Waals surface area contributed by atoms with E-state index in [-0.39, 0.29) is 0 Å². The van der Waals surface area contributed by atoms with E-state index >= 15 is 0 Å². The SMILES string of the molecule is COc1ccc(Cc2nc3ccccc3c3c(Cc4ccc(OC)cc4)n(N)nc23)cc1. The lowest BCUT2D eigenvalue weighted by Gasteiger charge is -2.08. The van der Waals surface area contributed by atoms with Gasteiger partial charge >= 0.3 is 0 Å². The van der Waals surface area contributed by atoms with Gasteiger partial charge in [-0.25, -0.2) is 0 Å². The standard InChI is InChI=1S/C26H24N4O2/c1-31-19-11-7-17(8-12-19)15-23-26-25(21-5-3-4-6-22(21)28-23)24(30(27)29-26)16-18-9-13-20(32-2)14-10-18/h3-14H,15-16,27H2,1-2H3. The van der Waals surface area contributed by atoms with Crippen LogP contribution in [0.3, 0.4) is 0 Å². The summed E-state index contributed by atoms with van der Waals surface area (Å²) in [6, 6.07) is 24.2. The number of rotatable bonds is 6. The molecule has 0 unspecified atom stereocenters. The average molecular weight is 425 g/mol. The molecule has 32 heavy (non-hydrogen) atoms. The fraction of sp³-hybridized carbons (Fsp3) is 0.154. The van der Waals surface area contributed by atoms with E-state index in [1.807, 2.05) is 42.5 Å². The average Bonchev–Trinajstić information content (AvgIpc) is 3.16. The van der Waals surface area contributed by atoms with Crippen LogP contribution in [0.5, 0.6) is 11.5 Å². The summed E-state index contributed by atoms with van der Waals surface area (Å²) in [5.74, 6) is 8.05. The van der Waals surface area contributed by atoms with Gasteiger partial charge < -0.3 is 15.3 Å². The van der Waals surface area contributed by atoms with Gasteiger partial charge in [0, 0.05) is 23.6 Å². The first-order valence-corrected chi connectivity index (χ1v) is 10.5. The minimum absolute atomic E-state index is 0.657. The Morgan fingerprint density at radius 1 is 0.781 bits per heavy atom. The maximum atomic E-state index is 6.38. The third-order valence-electron chi connectivity index (χ3n) is 5.77. The van der Waals surface area contributed by atoms with Crippen molar-refractivity contribution < 1.29 is 9.47 Å². The molecule has 2 heterocycles. The number of hydrogen-bond acceptors (Lipinski definition) is 5. The van der Waals surface area contributed by atoms with Gasteiger partial charge in [0.1, 0.15) is 17.0 Å². The summed E-state index contributed by atoms with van der Waals surface area (Å²) in [7, 11) is 3.34. The van der Waals surface area contributed by atoms with Crippen molar-refractivity contribution in [3.05, 3.63) is 95.3 Å². The number of aromatic nitrogens is 3. The van der Waals surface area contributed by atoms with Gasteiger partial charge in [-0.2, -0.15) is 9.89 Å². The van der Waals surface area contributed by atoms with Crippen LogP contribution in [-0.2, 0) is 12.8 Å². The smallest absolute Gasteiger partial charge is 0.118 e. The van der Waals surface area contributed by atoms with Crippen LogP contribution in [0.4, 0.5) is 0 Å². The molecule has 0 spiro atoms. The second-order valence-electron chi connectivity index (χ2n) is 7.74. The Kier molecular flexibility index (Phi) is 5.11. The third kappa shape index (κ3) is 3.60. The molecule has 0 bridgehead atoms. The number of pyridine rings is 1. The fourth-order valence-corrected chi connectivity index (χ4v) is 4.10. The lowest BCUT2D eigenvalue weighted by Crippen LogP contribution is -2.14. The zero-order valence-corrected chi connectivity index (χ0v) is 18.1. The van der Waals surface area contributed by atoms with E-state index in [0.717, 1.165) is 55.8 Å². The zero-order chi connectivity index (χ0) is 22.1. The van der Waals surface area contributed by atoms with Gasteiger partial charge in [-0.05, 0) is 41.5 Å². The van der Waals surface area contributed by atoms with Crippen molar-refractivity contribution in [2.45, 2.75) is 12.8 Å². The first-order chi connectivity index (χ1) is 15.7. The summed E-state index contributed by atoms with van der Waals surface area (Å²) < 4.78 is 10.6. The van der Waals surface area contributed by atoms with E-state index in [9.17, 15) is 0 Å². The van der Waals surface area contributed by atoms with Crippen molar-refractivity contribution in [1.82, 2.24) is 14.9 Å². The van der Waals surface area contributed by atoms with Crippen LogP contribution in [-0.4, -0.2) is 29.1 Å². The largest absolute Gasteiger partial charge is 0.497 e. The number of para-hydroxylation sites is 1. The molecule has 0 saturated heterocycles. The molecular weight excluding hydrogens is 400 g/mol. The maximum Gasteiger partial charge on any atom is 0.118 e. The Morgan fingerprint density at radius 3 is 2.00 bits per heavy atom. The molecule has 0 aliphatic rings. The Labute approximate surface area is 186 Å². The van der Waals surface area contributed by atoms with Crippen LogP contribution in [0.1, 0.15) is 22.5 Å². The predicted octanol–water partition coefficient (Wildman–Crippen LogP) is 4.50. The highest BCUT2D eigenvalue weighted by molar-refractivity contribution is 6.07. The molecule has 0 aliphatic heterocycles. The molecule has 0 amide bonds. The van der Waals surface area contributed by atoms with Gasteiger partial charge in [-0.3, -0.25) is 4.98 Å². The molecule has 6 nitrogen and oxygen atoms in total. The zero-order valence-electron chi connectivity index (χ0n) is 18.1. The van der Waals surface area contributed by atoms with Crippen LogP contribution in [0.15, 0.2) is 72.8 Å². The lowest BCUT2D eigenvalue weighted by atomic mass is 10.0. The number of nitrogens with two attached hydrogens (primary N) is 1. The molecule has 0 saturated carbocycles. The van der Waals surface area contributed by atoms with Gasteiger partial charge in [-0.1, -0.05) is 42.5 Å². The van der Waals surface area contributed by atoms with Crippen LogP contribution in [0, 0.1) is 0 Å². The van der Waals surface area contributed by atoms with Crippen molar-refractivity contribution in [3.63, 3.8) is 0 Å². The summed E-state index contributed by atoms with van der Waals surface area (Å²) in [5.41, 5.74) is 5.91. The monoisotopic (exact) mass is 424 g/mol. The number of nitrogen functional groups attached to an aromatic ring is 1. The minimum Gasteiger partial charge on any atom is -0.497 e. The van der Waals surface area contributed by atoms with E-state index in [2.05, 4.69) is 30.3 Å². The Hall–Kier alpha value is -4.06. The number of benzene rings is 3. The molecule has 0 fully saturated rings. The van der Waals surface area contributed by atoms with E-state index < -0.39 is 0 Å². The molecule has 3 aromatic carbocycles. The fourth-order valence-electron chi connectivity index (χ4n) is 4.10. The number of ether oxygens (including phenoxy) is 2. The highest BCUT2D eigenvalue weighted by Crippen LogP contribution is 2.31. The van der Waals surface area contributed by atoms with E-state index in [0.29, 0.717) is 12.8 Å². The summed E-state index contributed by atoms with van der Waals surface area (Å²) in [6.07, 6.45) is 1.32. The first-order valence-electron chi connectivity index (χ1n) is 10.5. The van der Waals surface area contributed by atoms with E-state index in [1.54, 1.807) is 14.2 Å². The number of hydrogen-bond donors (Lipinski definition) is 1. The summed E-state index contributed by atoms with van der Waals surface area (Å²) in [5, 5.41) is 6.82. The maximum absolute atomic E-state index is 6.38. The van der Waals surface area contributed by atoms with E-state index in [4.69, 9.17) is 25.4 Å². The Balaban J connectivity index is 1.64. The van der Waals surface area contributed by atoms with Crippen LogP contribution in [0.2, 0.25) is 0 Å². The van der Waals surface area contributed by atoms with E-state index in [1.165, 1.54) is 4.79 Å². The summed E-state index contributed by atoms with van der Waals surface area (Å²) in [4.78, 5) is 6.45. The number of fused-ring (bicyclic) bond motifs is 3. The normalized spacial score (nSPS) is 11.2. The third-order valence-corrected chi connectivity index (χ3v) is 5.77. The first kappa shape index (κ1) is 19.9. The molecule has 0 radical (unpaired) electrons. The van der Waals surface area contributed by atoms with Gasteiger partial charge in [0.2, 0.25) is 0 Å². The Morgan fingerprint density at radius 2 is 1.38 bits per heavy atom. The van der Waals surface area contributed by atoms with Crippen molar-refractivity contribution in [3.8, 4) is 11.5 Å². The Bertz CT molecular complexity index is 1390. The van der Waals surface area contributed by atoms with Crippen molar-refractivity contribution >= 4 is 21.8 Å². The van der Waals surface area contributed by atoms with Crippen LogP contribution >= 0.6 is 0 Å². The molecule has 160 valence electrons. The molecule has 2 aromatic heterocycles. The van der Waals surface area contributed by atoms with Crippen molar-refractivity contribution in [2.75, 3.05) is 20.1 Å². The predicted molar refractivity (Wildman–Crippen MR) is 127 cm³/mol. The minimum atomic E-state index is 0.657. The number of methoxy groups -OCH3 is 2. The summed E-state index contributed by atoms with van der Waals surface area (Å²) in [6.45, 7) is 0. The summed E-state index contributed by atoms with van der Waals surface area (Å²) >= 11 is 0. The second kappa shape index (κ2) is 8.23. The lowest BCUT2D eigenvalue weighted by molar-refractivity contribution is 0.414. The quantitative estimate of drug-likeness (QED) is 0.406. The van der Waals surface area contributed by atoms with Crippen LogP contribution in [0.25, 0.3) is 21.8 Å². The molecule has 0 atom stereocenters. The molecule has 6 heteroatoms. The molecule has 2 N–H and O–H groups in total.